The fourth-order valence-corrected chi connectivity index (χ4v) is 5.08. The predicted octanol–water partition coefficient (Wildman–Crippen LogP) is 3.79. The fourth-order valence-electron chi connectivity index (χ4n) is 4.29. The molecule has 2 amide bonds. The van der Waals surface area contributed by atoms with Crippen molar-refractivity contribution in [2.75, 3.05) is 26.2 Å². The monoisotopic (exact) mass is 439 g/mol. The van der Waals surface area contributed by atoms with Crippen molar-refractivity contribution in [3.63, 3.8) is 0 Å². The molecule has 0 N–H and O–H groups in total. The van der Waals surface area contributed by atoms with Crippen LogP contribution in [0.4, 0.5) is 0 Å². The van der Waals surface area contributed by atoms with Gasteiger partial charge in [-0.3, -0.25) is 14.6 Å². The third kappa shape index (κ3) is 4.54. The number of aromatic nitrogens is 3. The minimum atomic E-state index is 0.0192. The van der Waals surface area contributed by atoms with E-state index in [1.165, 1.54) is 11.5 Å². The van der Waals surface area contributed by atoms with Gasteiger partial charge in [0.25, 0.3) is 11.8 Å². The van der Waals surface area contributed by atoms with Crippen molar-refractivity contribution in [3.05, 3.63) is 51.8 Å². The van der Waals surface area contributed by atoms with E-state index in [4.69, 9.17) is 4.98 Å². The Morgan fingerprint density at radius 3 is 2.52 bits per heavy atom. The standard InChI is InChI=1S/C23H29N5O2S/c1-15(2)19-21(31-26-25-19)23(30)28-13-9-17(10-14-28)20-18(8-7-16(3)24-20)22(29)27-11-5-4-6-12-27/h4-5,7-8,15,17H,6,9-14H2,1-3H3. The van der Waals surface area contributed by atoms with Gasteiger partial charge in [0.05, 0.1) is 17.0 Å². The number of rotatable bonds is 4. The molecule has 0 atom stereocenters. The van der Waals surface area contributed by atoms with E-state index in [2.05, 4.69) is 15.7 Å². The molecule has 0 aliphatic carbocycles. The summed E-state index contributed by atoms with van der Waals surface area (Å²) in [5.41, 5.74) is 3.29. The molecule has 2 aromatic rings. The number of piperidine rings is 1. The van der Waals surface area contributed by atoms with Gasteiger partial charge in [-0.1, -0.05) is 30.5 Å². The molecule has 0 bridgehead atoms. The van der Waals surface area contributed by atoms with E-state index in [-0.39, 0.29) is 23.7 Å². The Hall–Kier alpha value is -2.61. The van der Waals surface area contributed by atoms with Crippen molar-refractivity contribution < 1.29 is 9.59 Å². The maximum Gasteiger partial charge on any atom is 0.267 e. The molecule has 8 heteroatoms. The normalized spacial score (nSPS) is 17.4. The summed E-state index contributed by atoms with van der Waals surface area (Å²) < 4.78 is 3.99. The van der Waals surface area contributed by atoms with Crippen LogP contribution in [-0.4, -0.2) is 62.4 Å². The highest BCUT2D eigenvalue weighted by Crippen LogP contribution is 2.32. The number of nitrogens with zero attached hydrogens (tertiary/aromatic N) is 5. The molecule has 1 saturated heterocycles. The number of amides is 2. The minimum absolute atomic E-state index is 0.0192. The first-order chi connectivity index (χ1) is 15.0. The molecule has 1 fully saturated rings. The van der Waals surface area contributed by atoms with E-state index in [9.17, 15) is 9.59 Å². The Balaban J connectivity index is 1.49. The van der Waals surface area contributed by atoms with Gasteiger partial charge in [-0.05, 0) is 55.8 Å². The van der Waals surface area contributed by atoms with Gasteiger partial charge in [-0.2, -0.15) is 0 Å². The summed E-state index contributed by atoms with van der Waals surface area (Å²) in [7, 11) is 0. The summed E-state index contributed by atoms with van der Waals surface area (Å²) in [6.45, 7) is 8.71. The molecule has 0 unspecified atom stereocenters. The molecule has 2 aliphatic heterocycles. The molecule has 2 aromatic heterocycles. The number of pyridine rings is 1. The molecule has 0 aromatic carbocycles. The zero-order valence-electron chi connectivity index (χ0n) is 18.4. The highest BCUT2D eigenvalue weighted by atomic mass is 32.1. The molecule has 4 rings (SSSR count). The fraction of sp³-hybridized carbons (Fsp3) is 0.522. The van der Waals surface area contributed by atoms with E-state index in [1.807, 2.05) is 48.8 Å². The molecule has 4 heterocycles. The van der Waals surface area contributed by atoms with Crippen molar-refractivity contribution >= 4 is 23.3 Å². The van der Waals surface area contributed by atoms with Crippen LogP contribution in [-0.2, 0) is 0 Å². The third-order valence-electron chi connectivity index (χ3n) is 6.06. The van der Waals surface area contributed by atoms with Crippen LogP contribution in [0.2, 0.25) is 0 Å². The Bertz CT molecular complexity index is 992. The Morgan fingerprint density at radius 2 is 1.84 bits per heavy atom. The molecule has 164 valence electrons. The zero-order chi connectivity index (χ0) is 22.0. The first-order valence-corrected chi connectivity index (χ1v) is 11.8. The Kier molecular flexibility index (Phi) is 6.46. The van der Waals surface area contributed by atoms with Crippen molar-refractivity contribution in [3.8, 4) is 0 Å². The van der Waals surface area contributed by atoms with Crippen molar-refractivity contribution in [1.29, 1.82) is 0 Å². The summed E-state index contributed by atoms with van der Waals surface area (Å²) in [5, 5.41) is 4.14. The zero-order valence-corrected chi connectivity index (χ0v) is 19.2. The second-order valence-corrected chi connectivity index (χ2v) is 9.36. The quantitative estimate of drug-likeness (QED) is 0.677. The van der Waals surface area contributed by atoms with Crippen molar-refractivity contribution in [2.45, 2.75) is 51.9 Å². The van der Waals surface area contributed by atoms with Crippen LogP contribution in [0.1, 0.15) is 82.1 Å². The average Bonchev–Trinajstić information content (AvgIpc) is 3.29. The summed E-state index contributed by atoms with van der Waals surface area (Å²) in [4.78, 5) is 35.4. The second kappa shape index (κ2) is 9.26. The molecule has 31 heavy (non-hydrogen) atoms. The van der Waals surface area contributed by atoms with E-state index >= 15 is 0 Å². The van der Waals surface area contributed by atoms with Crippen LogP contribution < -0.4 is 0 Å². The van der Waals surface area contributed by atoms with Gasteiger partial charge < -0.3 is 9.80 Å². The van der Waals surface area contributed by atoms with Crippen LogP contribution >= 0.6 is 11.5 Å². The van der Waals surface area contributed by atoms with E-state index in [0.717, 1.165) is 42.9 Å². The molecular formula is C23H29N5O2S. The van der Waals surface area contributed by atoms with Gasteiger partial charge in [-0.15, -0.1) is 5.10 Å². The smallest absolute Gasteiger partial charge is 0.267 e. The topological polar surface area (TPSA) is 79.3 Å². The van der Waals surface area contributed by atoms with Crippen molar-refractivity contribution in [2.24, 2.45) is 0 Å². The number of carbonyl (C=O) groups is 2. The molecule has 7 nitrogen and oxygen atoms in total. The van der Waals surface area contributed by atoms with E-state index in [0.29, 0.717) is 30.1 Å². The van der Waals surface area contributed by atoms with Crippen molar-refractivity contribution in [1.82, 2.24) is 24.4 Å². The molecular weight excluding hydrogens is 410 g/mol. The van der Waals surface area contributed by atoms with Crippen LogP contribution in [0.5, 0.6) is 0 Å². The number of hydrogen-bond donors (Lipinski definition) is 0. The molecule has 2 aliphatic rings. The van der Waals surface area contributed by atoms with Crippen LogP contribution in [0.15, 0.2) is 24.3 Å². The Labute approximate surface area is 187 Å². The SMILES string of the molecule is Cc1ccc(C(=O)N2CC=CCC2)c(C2CCN(C(=O)c3snnc3C(C)C)CC2)n1. The Morgan fingerprint density at radius 1 is 1.06 bits per heavy atom. The summed E-state index contributed by atoms with van der Waals surface area (Å²) in [5.74, 6) is 0.422. The predicted molar refractivity (Wildman–Crippen MR) is 121 cm³/mol. The molecule has 0 radical (unpaired) electrons. The minimum Gasteiger partial charge on any atom is -0.338 e. The maximum absolute atomic E-state index is 13.2. The van der Waals surface area contributed by atoms with Crippen LogP contribution in [0.3, 0.4) is 0 Å². The lowest BCUT2D eigenvalue weighted by atomic mass is 9.89. The highest BCUT2D eigenvalue weighted by molar-refractivity contribution is 7.08. The molecule has 0 saturated carbocycles. The lowest BCUT2D eigenvalue weighted by molar-refractivity contribution is 0.0708. The van der Waals surface area contributed by atoms with Gasteiger partial charge in [0.1, 0.15) is 4.88 Å². The van der Waals surface area contributed by atoms with E-state index < -0.39 is 0 Å². The number of carbonyl (C=O) groups excluding carboxylic acids is 2. The van der Waals surface area contributed by atoms with Gasteiger partial charge >= 0.3 is 0 Å². The third-order valence-corrected chi connectivity index (χ3v) is 6.79. The first kappa shape index (κ1) is 21.6. The van der Waals surface area contributed by atoms with Gasteiger partial charge in [0, 0.05) is 37.8 Å². The second-order valence-electron chi connectivity index (χ2n) is 8.61. The lowest BCUT2D eigenvalue weighted by Crippen LogP contribution is -2.39. The van der Waals surface area contributed by atoms with Gasteiger partial charge in [0.15, 0.2) is 0 Å². The van der Waals surface area contributed by atoms with Crippen LogP contribution in [0, 0.1) is 6.92 Å². The summed E-state index contributed by atoms with van der Waals surface area (Å²) in [6.07, 6.45) is 6.66. The maximum atomic E-state index is 13.2. The number of aryl methyl sites for hydroxylation is 1. The lowest BCUT2D eigenvalue weighted by Gasteiger charge is -2.33. The average molecular weight is 440 g/mol. The number of hydrogen-bond acceptors (Lipinski definition) is 6. The molecule has 0 spiro atoms. The number of likely N-dealkylation sites (tertiary alicyclic amines) is 1. The van der Waals surface area contributed by atoms with E-state index in [1.54, 1.807) is 0 Å². The highest BCUT2D eigenvalue weighted by Gasteiger charge is 2.31. The van der Waals surface area contributed by atoms with Crippen LogP contribution in [0.25, 0.3) is 0 Å². The van der Waals surface area contributed by atoms with Gasteiger partial charge in [0.2, 0.25) is 0 Å². The van der Waals surface area contributed by atoms with Gasteiger partial charge in [-0.25, -0.2) is 0 Å². The summed E-state index contributed by atoms with van der Waals surface area (Å²) in [6, 6.07) is 3.84. The largest absolute Gasteiger partial charge is 0.338 e. The first-order valence-electron chi connectivity index (χ1n) is 11.0. The summed E-state index contributed by atoms with van der Waals surface area (Å²) >= 11 is 1.18.